The standard InChI is InChI=1S/C48H30O.C46H28O/c1-2-12-31(13-3-1)32-16-10-18-37(26-32)47-39-20-6-8-22-41(39)48(42-23-9-7-21-40(42)47)38-19-11-17-33(27-38)36-24-25-45-43(29-36)44-28-34-14-4-5-15-35(34)30-46(44)49-45;1-2-12-31-26-35(21-20-29(31)10-1)45-39-18-7-5-16-37(39)44(38-17-6-8-19-40(38)45)34-14-9-13-32(27-34)33-23-25-43-42(28-33)41-24-22-30-11-3-4-15-36(30)46(41)47-43/h1-30H;1-28H. The van der Waals surface area contributed by atoms with Crippen LogP contribution in [-0.2, 0) is 0 Å². The van der Waals surface area contributed by atoms with Gasteiger partial charge in [-0.3, -0.25) is 0 Å². The lowest BCUT2D eigenvalue weighted by Crippen LogP contribution is -1.91. The number of benzene rings is 18. The maximum absolute atomic E-state index is 6.42. The lowest BCUT2D eigenvalue weighted by Gasteiger charge is -2.18. The molecular formula is C94H58O2. The second-order valence-corrected chi connectivity index (χ2v) is 25.3. The molecule has 0 aliphatic heterocycles. The zero-order valence-electron chi connectivity index (χ0n) is 52.3. The second kappa shape index (κ2) is 22.6. The number of furan rings is 2. The van der Waals surface area contributed by atoms with Crippen molar-refractivity contribution in [2.45, 2.75) is 0 Å². The minimum atomic E-state index is 0.911. The number of fused-ring (bicyclic) bond motifs is 14. The molecule has 0 saturated carbocycles. The third kappa shape index (κ3) is 9.25. The summed E-state index contributed by atoms with van der Waals surface area (Å²) >= 11 is 0. The minimum Gasteiger partial charge on any atom is -0.456 e. The lowest BCUT2D eigenvalue weighted by atomic mass is 9.85. The van der Waals surface area contributed by atoms with Crippen molar-refractivity contribution in [2.75, 3.05) is 0 Å². The Morgan fingerprint density at radius 3 is 0.958 bits per heavy atom. The third-order valence-electron chi connectivity index (χ3n) is 19.8. The van der Waals surface area contributed by atoms with Crippen LogP contribution in [0.4, 0.5) is 0 Å². The van der Waals surface area contributed by atoms with Gasteiger partial charge in [0.25, 0.3) is 0 Å². The summed E-state index contributed by atoms with van der Waals surface area (Å²) in [6.07, 6.45) is 0. The van der Waals surface area contributed by atoms with E-state index < -0.39 is 0 Å². The van der Waals surface area contributed by atoms with E-state index in [-0.39, 0.29) is 0 Å². The molecule has 0 bridgehead atoms. The minimum absolute atomic E-state index is 0.911. The summed E-state index contributed by atoms with van der Waals surface area (Å²) in [4.78, 5) is 0. The fourth-order valence-corrected chi connectivity index (χ4v) is 15.4. The van der Waals surface area contributed by atoms with Crippen LogP contribution < -0.4 is 0 Å². The van der Waals surface area contributed by atoms with Crippen molar-refractivity contribution in [2.24, 2.45) is 0 Å². The van der Waals surface area contributed by atoms with Crippen molar-refractivity contribution in [3.63, 3.8) is 0 Å². The van der Waals surface area contributed by atoms with Crippen LogP contribution in [0, 0.1) is 0 Å². The van der Waals surface area contributed by atoms with Crippen LogP contribution in [0.25, 0.3) is 197 Å². The van der Waals surface area contributed by atoms with Crippen molar-refractivity contribution in [1.29, 1.82) is 0 Å². The van der Waals surface area contributed by atoms with Crippen molar-refractivity contribution in [3.05, 3.63) is 352 Å². The Hall–Kier alpha value is -12.6. The fraction of sp³-hybridized carbons (Fsp3) is 0. The molecule has 0 radical (unpaired) electrons. The van der Waals surface area contributed by atoms with E-state index in [1.807, 2.05) is 0 Å². The van der Waals surface area contributed by atoms with Crippen molar-refractivity contribution in [1.82, 2.24) is 0 Å². The fourth-order valence-electron chi connectivity index (χ4n) is 15.4. The molecule has 0 aliphatic carbocycles. The molecule has 0 atom stereocenters. The summed E-state index contributed by atoms with van der Waals surface area (Å²) in [5.74, 6) is 0. The maximum atomic E-state index is 6.42. The van der Waals surface area contributed by atoms with Crippen LogP contribution in [0.1, 0.15) is 0 Å². The van der Waals surface area contributed by atoms with E-state index in [0.717, 1.165) is 49.3 Å². The van der Waals surface area contributed by atoms with E-state index >= 15 is 0 Å². The smallest absolute Gasteiger partial charge is 0.143 e. The second-order valence-electron chi connectivity index (χ2n) is 25.3. The molecule has 0 N–H and O–H groups in total. The Balaban J connectivity index is 0.000000135. The molecule has 2 aromatic heterocycles. The van der Waals surface area contributed by atoms with Gasteiger partial charge >= 0.3 is 0 Å². The molecule has 0 saturated heterocycles. The number of hydrogen-bond donors (Lipinski definition) is 0. The monoisotopic (exact) mass is 1220 g/mol. The molecule has 0 spiro atoms. The van der Waals surface area contributed by atoms with Gasteiger partial charge in [-0.05, 0) is 215 Å². The molecule has 96 heavy (non-hydrogen) atoms. The van der Waals surface area contributed by atoms with E-state index in [1.54, 1.807) is 0 Å². The number of hydrogen-bond acceptors (Lipinski definition) is 2. The van der Waals surface area contributed by atoms with Gasteiger partial charge in [-0.1, -0.05) is 285 Å². The maximum Gasteiger partial charge on any atom is 0.143 e. The summed E-state index contributed by atoms with van der Waals surface area (Å²) in [5.41, 5.74) is 20.8. The van der Waals surface area contributed by atoms with Gasteiger partial charge in [0, 0.05) is 26.9 Å². The third-order valence-corrected chi connectivity index (χ3v) is 19.8. The molecule has 20 rings (SSSR count). The first kappa shape index (κ1) is 55.1. The van der Waals surface area contributed by atoms with Gasteiger partial charge in [0.15, 0.2) is 0 Å². The molecule has 2 heteroatoms. The zero-order valence-corrected chi connectivity index (χ0v) is 52.3. The van der Waals surface area contributed by atoms with Crippen molar-refractivity contribution < 1.29 is 8.83 Å². The van der Waals surface area contributed by atoms with Crippen LogP contribution in [-0.4, -0.2) is 0 Å². The van der Waals surface area contributed by atoms with Crippen LogP contribution in [0.3, 0.4) is 0 Å². The summed E-state index contributed by atoms with van der Waals surface area (Å²) in [6.45, 7) is 0. The van der Waals surface area contributed by atoms with Gasteiger partial charge in [-0.2, -0.15) is 0 Å². The molecule has 0 fully saturated rings. The Morgan fingerprint density at radius 2 is 0.458 bits per heavy atom. The summed E-state index contributed by atoms with van der Waals surface area (Å²) in [7, 11) is 0. The van der Waals surface area contributed by atoms with Gasteiger partial charge in [0.05, 0.1) is 0 Å². The van der Waals surface area contributed by atoms with E-state index in [9.17, 15) is 0 Å². The predicted octanol–water partition coefficient (Wildman–Crippen LogP) is 26.9. The van der Waals surface area contributed by atoms with Gasteiger partial charge in [-0.25, -0.2) is 0 Å². The highest BCUT2D eigenvalue weighted by Crippen LogP contribution is 2.48. The van der Waals surface area contributed by atoms with Crippen molar-refractivity contribution >= 4 is 119 Å². The Morgan fingerprint density at radius 1 is 0.135 bits per heavy atom. The average molecular weight is 1220 g/mol. The molecule has 0 aliphatic rings. The molecule has 446 valence electrons. The first-order valence-electron chi connectivity index (χ1n) is 33.0. The van der Waals surface area contributed by atoms with E-state index in [0.29, 0.717) is 0 Å². The summed E-state index contributed by atoms with van der Waals surface area (Å²) in [5, 5.41) is 21.9. The molecular weight excluding hydrogens is 1160 g/mol. The molecule has 0 unspecified atom stereocenters. The van der Waals surface area contributed by atoms with Crippen LogP contribution in [0.15, 0.2) is 361 Å². The first-order valence-corrected chi connectivity index (χ1v) is 33.0. The van der Waals surface area contributed by atoms with Gasteiger partial charge < -0.3 is 8.83 Å². The topological polar surface area (TPSA) is 26.3 Å². The molecule has 2 nitrogen and oxygen atoms in total. The normalized spacial score (nSPS) is 11.8. The highest BCUT2D eigenvalue weighted by Gasteiger charge is 2.21. The van der Waals surface area contributed by atoms with E-state index in [1.165, 1.54) is 148 Å². The molecule has 2 heterocycles. The summed E-state index contributed by atoms with van der Waals surface area (Å²) < 4.78 is 12.7. The average Bonchev–Trinajstić information content (AvgIpc) is 1.03. The predicted molar refractivity (Wildman–Crippen MR) is 408 cm³/mol. The molecule has 0 amide bonds. The zero-order chi connectivity index (χ0) is 63.2. The first-order chi connectivity index (χ1) is 47.6. The lowest BCUT2D eigenvalue weighted by molar-refractivity contribution is 0.669. The Bertz CT molecular complexity index is 6410. The Labute approximate surface area is 554 Å². The SMILES string of the molecule is c1cc(-c2ccc3oc4c5ccccc5ccc4c3c2)cc(-c2c3ccccc3c(-c3ccc4ccccc4c3)c3ccccc23)c1.c1ccc(-c2cccc(-c3c4ccccc4c(-c4cccc(-c5ccc6oc7cc8ccccc8cc7c6c5)c4)c4ccccc34)c2)cc1. The molecule has 20 aromatic rings. The Kier molecular flexibility index (Phi) is 13.0. The number of rotatable bonds is 7. The van der Waals surface area contributed by atoms with Crippen LogP contribution >= 0.6 is 0 Å². The van der Waals surface area contributed by atoms with E-state index in [4.69, 9.17) is 8.83 Å². The van der Waals surface area contributed by atoms with Gasteiger partial charge in [0.1, 0.15) is 22.3 Å². The summed E-state index contributed by atoms with van der Waals surface area (Å²) in [6, 6.07) is 128. The van der Waals surface area contributed by atoms with Gasteiger partial charge in [-0.15, -0.1) is 0 Å². The van der Waals surface area contributed by atoms with Crippen LogP contribution in [0.2, 0.25) is 0 Å². The van der Waals surface area contributed by atoms with Gasteiger partial charge in [0.2, 0.25) is 0 Å². The van der Waals surface area contributed by atoms with Crippen LogP contribution in [0.5, 0.6) is 0 Å². The van der Waals surface area contributed by atoms with E-state index in [2.05, 4.69) is 352 Å². The quantitative estimate of drug-likeness (QED) is 0.149. The molecule has 18 aromatic carbocycles. The highest BCUT2D eigenvalue weighted by atomic mass is 16.3. The van der Waals surface area contributed by atoms with Crippen molar-refractivity contribution in [3.8, 4) is 77.9 Å². The highest BCUT2D eigenvalue weighted by molar-refractivity contribution is 6.24. The largest absolute Gasteiger partial charge is 0.456 e.